The minimum absolute atomic E-state index is 0.384. The van der Waals surface area contributed by atoms with Gasteiger partial charge >= 0.3 is 6.18 Å². The van der Waals surface area contributed by atoms with Crippen LogP contribution in [0, 0.1) is 11.8 Å². The van der Waals surface area contributed by atoms with Gasteiger partial charge in [-0.05, 0) is 31.5 Å². The lowest BCUT2D eigenvalue weighted by Gasteiger charge is -2.05. The highest BCUT2D eigenvalue weighted by atomic mass is 19.4. The van der Waals surface area contributed by atoms with Crippen LogP contribution in [0.5, 0.6) is 5.75 Å². The van der Waals surface area contributed by atoms with Crippen LogP contribution >= 0.6 is 0 Å². The van der Waals surface area contributed by atoms with E-state index in [1.165, 1.54) is 13.0 Å². The number of halogens is 3. The van der Waals surface area contributed by atoms with Gasteiger partial charge in [-0.25, -0.2) is 0 Å². The van der Waals surface area contributed by atoms with Gasteiger partial charge in [0.2, 0.25) is 0 Å². The van der Waals surface area contributed by atoms with E-state index in [-0.39, 0.29) is 0 Å². The van der Waals surface area contributed by atoms with Gasteiger partial charge in [-0.3, -0.25) is 0 Å². The third-order valence-electron chi connectivity index (χ3n) is 2.21. The Bertz CT molecular complexity index is 495. The van der Waals surface area contributed by atoms with Gasteiger partial charge in [-0.1, -0.05) is 23.6 Å². The molecule has 18 heavy (non-hydrogen) atoms. The SMILES string of the molecule is COc1ccc(C(C#CC(F)(F)F)=C(C)C)cc1. The molecule has 0 atom stereocenters. The van der Waals surface area contributed by atoms with Crippen molar-refractivity contribution in [1.82, 2.24) is 0 Å². The zero-order valence-corrected chi connectivity index (χ0v) is 10.4. The normalized spacial score (nSPS) is 10.3. The highest BCUT2D eigenvalue weighted by Crippen LogP contribution is 2.22. The smallest absolute Gasteiger partial charge is 0.458 e. The summed E-state index contributed by atoms with van der Waals surface area (Å²) < 4.78 is 41.3. The van der Waals surface area contributed by atoms with E-state index in [0.717, 1.165) is 5.57 Å². The van der Waals surface area contributed by atoms with Crippen LogP contribution in [0.1, 0.15) is 19.4 Å². The maximum absolute atomic E-state index is 12.1. The highest BCUT2D eigenvalue weighted by Gasteiger charge is 2.23. The minimum atomic E-state index is -4.48. The summed E-state index contributed by atoms with van der Waals surface area (Å²) in [6.07, 6.45) is -4.48. The molecule has 0 radical (unpaired) electrons. The molecule has 0 aliphatic rings. The zero-order chi connectivity index (χ0) is 13.8. The number of allylic oxidation sites excluding steroid dienone is 2. The van der Waals surface area contributed by atoms with Gasteiger partial charge in [-0.15, -0.1) is 0 Å². The van der Waals surface area contributed by atoms with Crippen LogP contribution < -0.4 is 4.74 Å². The molecular weight excluding hydrogens is 241 g/mol. The molecule has 0 saturated carbocycles. The summed E-state index contributed by atoms with van der Waals surface area (Å²) in [6.45, 7) is 3.45. The molecule has 0 saturated heterocycles. The van der Waals surface area contributed by atoms with E-state index < -0.39 is 6.18 Å². The van der Waals surface area contributed by atoms with Gasteiger partial charge in [0.1, 0.15) is 5.75 Å². The first kappa shape index (κ1) is 14.2. The number of ether oxygens (including phenoxy) is 1. The number of hydrogen-bond acceptors (Lipinski definition) is 1. The Labute approximate surface area is 104 Å². The fourth-order valence-corrected chi connectivity index (χ4v) is 1.38. The summed E-state index contributed by atoms with van der Waals surface area (Å²) in [5, 5.41) is 0. The summed E-state index contributed by atoms with van der Waals surface area (Å²) in [4.78, 5) is 0. The Hall–Kier alpha value is -1.89. The molecular formula is C14H13F3O. The van der Waals surface area contributed by atoms with E-state index >= 15 is 0 Å². The average Bonchev–Trinajstić information content (AvgIpc) is 2.28. The lowest BCUT2D eigenvalue weighted by molar-refractivity contribution is -0.0696. The van der Waals surface area contributed by atoms with Crippen LogP contribution in [0.3, 0.4) is 0 Å². The second-order valence-corrected chi connectivity index (χ2v) is 3.85. The van der Waals surface area contributed by atoms with Crippen molar-refractivity contribution in [2.45, 2.75) is 20.0 Å². The van der Waals surface area contributed by atoms with Crippen LogP contribution in [0.25, 0.3) is 5.57 Å². The van der Waals surface area contributed by atoms with Crippen LogP contribution in [-0.4, -0.2) is 13.3 Å². The molecule has 1 aromatic rings. The molecule has 0 fully saturated rings. The molecule has 96 valence electrons. The zero-order valence-electron chi connectivity index (χ0n) is 10.4. The van der Waals surface area contributed by atoms with Crippen molar-refractivity contribution in [3.8, 4) is 17.6 Å². The van der Waals surface area contributed by atoms with E-state index in [4.69, 9.17) is 4.74 Å². The first-order valence-corrected chi connectivity index (χ1v) is 5.25. The van der Waals surface area contributed by atoms with E-state index in [1.807, 2.05) is 0 Å². The monoisotopic (exact) mass is 254 g/mol. The molecule has 0 aliphatic carbocycles. The topological polar surface area (TPSA) is 9.23 Å². The van der Waals surface area contributed by atoms with E-state index in [0.29, 0.717) is 16.9 Å². The lowest BCUT2D eigenvalue weighted by atomic mass is 10.0. The maximum Gasteiger partial charge on any atom is 0.458 e. The van der Waals surface area contributed by atoms with Crippen molar-refractivity contribution in [2.75, 3.05) is 7.11 Å². The standard InChI is InChI=1S/C14H13F3O/c1-10(2)13(8-9-14(15,16)17)11-4-6-12(18-3)7-5-11/h4-7H,1-3H3. The first-order chi connectivity index (χ1) is 8.33. The third-order valence-corrected chi connectivity index (χ3v) is 2.21. The van der Waals surface area contributed by atoms with Gasteiger partial charge in [0.05, 0.1) is 7.11 Å². The lowest BCUT2D eigenvalue weighted by Crippen LogP contribution is -2.01. The fraction of sp³-hybridized carbons (Fsp3) is 0.286. The quantitative estimate of drug-likeness (QED) is 0.723. The predicted molar refractivity (Wildman–Crippen MR) is 65.1 cm³/mol. The second kappa shape index (κ2) is 5.63. The Morgan fingerprint density at radius 1 is 1.11 bits per heavy atom. The van der Waals surface area contributed by atoms with Gasteiger partial charge in [0, 0.05) is 11.5 Å². The van der Waals surface area contributed by atoms with Crippen LogP contribution in [0.15, 0.2) is 29.8 Å². The summed E-state index contributed by atoms with van der Waals surface area (Å²) >= 11 is 0. The fourth-order valence-electron chi connectivity index (χ4n) is 1.38. The van der Waals surface area contributed by atoms with Gasteiger partial charge in [0.25, 0.3) is 0 Å². The van der Waals surface area contributed by atoms with E-state index in [2.05, 4.69) is 5.92 Å². The summed E-state index contributed by atoms with van der Waals surface area (Å²) in [6, 6.07) is 6.75. The summed E-state index contributed by atoms with van der Waals surface area (Å²) in [5.41, 5.74) is 1.76. The molecule has 0 aliphatic heterocycles. The van der Waals surface area contributed by atoms with Crippen molar-refractivity contribution in [3.63, 3.8) is 0 Å². The predicted octanol–water partition coefficient (Wildman–Crippen LogP) is 4.05. The Balaban J connectivity index is 3.14. The van der Waals surface area contributed by atoms with Crippen LogP contribution in [0.4, 0.5) is 13.2 Å². The van der Waals surface area contributed by atoms with Crippen molar-refractivity contribution in [2.24, 2.45) is 0 Å². The molecule has 0 spiro atoms. The number of methoxy groups -OCH3 is 1. The van der Waals surface area contributed by atoms with Gasteiger partial charge < -0.3 is 4.74 Å². The maximum atomic E-state index is 12.1. The van der Waals surface area contributed by atoms with Crippen molar-refractivity contribution >= 4 is 5.57 Å². The molecule has 1 rings (SSSR count). The number of rotatable bonds is 2. The Morgan fingerprint density at radius 2 is 1.67 bits per heavy atom. The Morgan fingerprint density at radius 3 is 2.06 bits per heavy atom. The molecule has 0 unspecified atom stereocenters. The average molecular weight is 254 g/mol. The molecule has 1 aromatic carbocycles. The van der Waals surface area contributed by atoms with Crippen molar-refractivity contribution in [3.05, 3.63) is 35.4 Å². The molecule has 0 bridgehead atoms. The molecule has 0 heterocycles. The number of benzene rings is 1. The van der Waals surface area contributed by atoms with Gasteiger partial charge in [0.15, 0.2) is 0 Å². The Kier molecular flexibility index (Phi) is 4.43. The van der Waals surface area contributed by atoms with Crippen LogP contribution in [-0.2, 0) is 0 Å². The summed E-state index contributed by atoms with van der Waals surface area (Å²) in [7, 11) is 1.53. The third kappa shape index (κ3) is 4.17. The molecule has 0 aromatic heterocycles. The van der Waals surface area contributed by atoms with Crippen LogP contribution in [0.2, 0.25) is 0 Å². The molecule has 1 nitrogen and oxygen atoms in total. The van der Waals surface area contributed by atoms with Crippen molar-refractivity contribution in [1.29, 1.82) is 0 Å². The molecule has 4 heteroatoms. The summed E-state index contributed by atoms with van der Waals surface area (Å²) in [5.74, 6) is 4.12. The number of hydrogen-bond donors (Lipinski definition) is 0. The highest BCUT2D eigenvalue weighted by molar-refractivity contribution is 5.81. The van der Waals surface area contributed by atoms with E-state index in [9.17, 15) is 13.2 Å². The van der Waals surface area contributed by atoms with E-state index in [1.54, 1.807) is 38.1 Å². The minimum Gasteiger partial charge on any atom is -0.497 e. The molecule has 0 N–H and O–H groups in total. The first-order valence-electron chi connectivity index (χ1n) is 5.25. The van der Waals surface area contributed by atoms with Gasteiger partial charge in [-0.2, -0.15) is 13.2 Å². The van der Waals surface area contributed by atoms with Crippen molar-refractivity contribution < 1.29 is 17.9 Å². The number of alkyl halides is 3. The second-order valence-electron chi connectivity index (χ2n) is 3.85. The molecule has 0 amide bonds. The largest absolute Gasteiger partial charge is 0.497 e.